The summed E-state index contributed by atoms with van der Waals surface area (Å²) < 4.78 is 10.8. The van der Waals surface area contributed by atoms with Crippen LogP contribution >= 0.6 is 22.7 Å². The van der Waals surface area contributed by atoms with Gasteiger partial charge in [0.2, 0.25) is 0 Å². The van der Waals surface area contributed by atoms with Crippen LogP contribution in [0.3, 0.4) is 0 Å². The minimum absolute atomic E-state index is 0.127. The zero-order chi connectivity index (χ0) is 19.2. The van der Waals surface area contributed by atoms with E-state index >= 15 is 0 Å². The van der Waals surface area contributed by atoms with Gasteiger partial charge < -0.3 is 14.8 Å². The second-order valence-electron chi connectivity index (χ2n) is 5.99. The molecule has 1 N–H and O–H groups in total. The van der Waals surface area contributed by atoms with Crippen molar-refractivity contribution >= 4 is 28.6 Å². The van der Waals surface area contributed by atoms with Gasteiger partial charge in [-0.1, -0.05) is 0 Å². The molecule has 2 heterocycles. The molecule has 7 heteroatoms. The van der Waals surface area contributed by atoms with E-state index in [-0.39, 0.29) is 5.91 Å². The van der Waals surface area contributed by atoms with E-state index in [1.165, 1.54) is 4.88 Å². The molecule has 1 unspecified atom stereocenters. The lowest BCUT2D eigenvalue weighted by molar-refractivity contribution is -0.127. The van der Waals surface area contributed by atoms with Crippen LogP contribution in [-0.2, 0) is 11.2 Å². The highest BCUT2D eigenvalue weighted by Gasteiger charge is 2.14. The molecule has 5 nitrogen and oxygen atoms in total. The predicted octanol–water partition coefficient (Wildman–Crippen LogP) is 4.31. The molecular formula is C20H22N2O3S2. The molecule has 27 heavy (non-hydrogen) atoms. The lowest BCUT2D eigenvalue weighted by atomic mass is 10.3. The molecule has 1 aromatic carbocycles. The molecule has 3 rings (SSSR count). The first-order valence-corrected chi connectivity index (χ1v) is 10.3. The summed E-state index contributed by atoms with van der Waals surface area (Å²) in [6, 6.07) is 11.4. The SMILES string of the molecule is COc1ccc(OC(C)C(=O)NCCc2ccc(-c3csc(C)n3)s2)cc1. The van der Waals surface area contributed by atoms with Gasteiger partial charge in [-0.2, -0.15) is 0 Å². The number of nitrogens with zero attached hydrogens (tertiary/aromatic N) is 1. The second kappa shape index (κ2) is 9.01. The van der Waals surface area contributed by atoms with Gasteiger partial charge in [-0.3, -0.25) is 4.79 Å². The maximum atomic E-state index is 12.2. The molecule has 0 bridgehead atoms. The Morgan fingerprint density at radius 2 is 1.93 bits per heavy atom. The number of hydrogen-bond acceptors (Lipinski definition) is 6. The summed E-state index contributed by atoms with van der Waals surface area (Å²) in [5.41, 5.74) is 1.03. The van der Waals surface area contributed by atoms with Crippen molar-refractivity contribution < 1.29 is 14.3 Å². The average Bonchev–Trinajstić information content (AvgIpc) is 3.31. The van der Waals surface area contributed by atoms with E-state index in [0.29, 0.717) is 12.3 Å². The first kappa shape index (κ1) is 19.4. The van der Waals surface area contributed by atoms with Crippen LogP contribution in [0.4, 0.5) is 0 Å². The molecular weight excluding hydrogens is 380 g/mol. The molecule has 0 aliphatic rings. The number of aryl methyl sites for hydroxylation is 1. The van der Waals surface area contributed by atoms with Gasteiger partial charge in [0.25, 0.3) is 5.91 Å². The van der Waals surface area contributed by atoms with Crippen molar-refractivity contribution in [2.75, 3.05) is 13.7 Å². The predicted molar refractivity (Wildman–Crippen MR) is 110 cm³/mol. The van der Waals surface area contributed by atoms with E-state index in [9.17, 15) is 4.79 Å². The summed E-state index contributed by atoms with van der Waals surface area (Å²) in [7, 11) is 1.61. The number of aromatic nitrogens is 1. The first-order valence-electron chi connectivity index (χ1n) is 8.65. The number of methoxy groups -OCH3 is 1. The fraction of sp³-hybridized carbons (Fsp3) is 0.300. The normalized spacial score (nSPS) is 11.8. The Hall–Kier alpha value is -2.38. The first-order chi connectivity index (χ1) is 13.0. The number of benzene rings is 1. The zero-order valence-electron chi connectivity index (χ0n) is 15.5. The third-order valence-corrected chi connectivity index (χ3v) is 5.89. The van der Waals surface area contributed by atoms with Crippen LogP contribution in [0.5, 0.6) is 11.5 Å². The molecule has 1 amide bonds. The van der Waals surface area contributed by atoms with Crippen molar-refractivity contribution in [1.29, 1.82) is 0 Å². The Balaban J connectivity index is 1.45. The molecule has 142 valence electrons. The quantitative estimate of drug-likeness (QED) is 0.610. The van der Waals surface area contributed by atoms with Crippen LogP contribution in [0.25, 0.3) is 10.6 Å². The number of ether oxygens (including phenoxy) is 2. The van der Waals surface area contributed by atoms with Crippen LogP contribution in [0.15, 0.2) is 41.8 Å². The highest BCUT2D eigenvalue weighted by molar-refractivity contribution is 7.16. The molecule has 1 atom stereocenters. The Kier molecular flexibility index (Phi) is 6.47. The lowest BCUT2D eigenvalue weighted by Crippen LogP contribution is -2.37. The van der Waals surface area contributed by atoms with Gasteiger partial charge in [0.05, 0.1) is 22.7 Å². The van der Waals surface area contributed by atoms with E-state index in [2.05, 4.69) is 27.8 Å². The third kappa shape index (κ3) is 5.30. The molecule has 0 saturated carbocycles. The summed E-state index contributed by atoms with van der Waals surface area (Å²) >= 11 is 3.37. The summed E-state index contributed by atoms with van der Waals surface area (Å²) in [6.07, 6.45) is 0.227. The molecule has 0 fully saturated rings. The molecule has 0 aliphatic heterocycles. The van der Waals surface area contributed by atoms with Gasteiger partial charge in [0, 0.05) is 16.8 Å². The maximum absolute atomic E-state index is 12.2. The fourth-order valence-corrected chi connectivity index (χ4v) is 4.15. The minimum Gasteiger partial charge on any atom is -0.497 e. The Bertz CT molecular complexity index is 887. The molecule has 0 saturated heterocycles. The zero-order valence-corrected chi connectivity index (χ0v) is 17.2. The van der Waals surface area contributed by atoms with Gasteiger partial charge in [0.1, 0.15) is 11.5 Å². The van der Waals surface area contributed by atoms with Gasteiger partial charge in [-0.25, -0.2) is 4.98 Å². The van der Waals surface area contributed by atoms with Gasteiger partial charge in [-0.05, 0) is 56.7 Å². The van der Waals surface area contributed by atoms with Crippen LogP contribution in [0, 0.1) is 6.92 Å². The summed E-state index contributed by atoms with van der Waals surface area (Å²) in [6.45, 7) is 4.33. The van der Waals surface area contributed by atoms with Gasteiger partial charge in [-0.15, -0.1) is 22.7 Å². The highest BCUT2D eigenvalue weighted by atomic mass is 32.1. The number of thiazole rings is 1. The third-order valence-electron chi connectivity index (χ3n) is 3.95. The lowest BCUT2D eigenvalue weighted by Gasteiger charge is -2.14. The number of rotatable bonds is 8. The maximum Gasteiger partial charge on any atom is 0.260 e. The largest absolute Gasteiger partial charge is 0.497 e. The fourth-order valence-electron chi connectivity index (χ4n) is 2.49. The smallest absolute Gasteiger partial charge is 0.260 e. The number of thiophene rings is 1. The Labute approximate surface area is 167 Å². The average molecular weight is 403 g/mol. The number of carbonyl (C=O) groups is 1. The van der Waals surface area contributed by atoms with E-state index in [4.69, 9.17) is 9.47 Å². The Morgan fingerprint density at radius 3 is 2.59 bits per heavy atom. The van der Waals surface area contributed by atoms with Gasteiger partial charge >= 0.3 is 0 Å². The van der Waals surface area contributed by atoms with Crippen LogP contribution in [0.2, 0.25) is 0 Å². The van der Waals surface area contributed by atoms with Crippen LogP contribution in [-0.4, -0.2) is 30.6 Å². The summed E-state index contributed by atoms with van der Waals surface area (Å²) in [4.78, 5) is 19.1. The number of hydrogen-bond donors (Lipinski definition) is 1. The second-order valence-corrected chi connectivity index (χ2v) is 8.22. The summed E-state index contributed by atoms with van der Waals surface area (Å²) in [5, 5.41) is 6.07. The summed E-state index contributed by atoms with van der Waals surface area (Å²) in [5.74, 6) is 1.26. The molecule has 0 spiro atoms. The van der Waals surface area contributed by atoms with Crippen LogP contribution in [0.1, 0.15) is 16.8 Å². The van der Waals surface area contributed by atoms with Gasteiger partial charge in [0.15, 0.2) is 6.10 Å². The standard InChI is InChI=1S/C20H22N2O3S2/c1-13(25-16-6-4-15(24-3)5-7-16)20(23)21-11-10-17-8-9-19(27-17)18-12-26-14(2)22-18/h4-9,12-13H,10-11H2,1-3H3,(H,21,23). The number of carbonyl (C=O) groups excluding carboxylic acids is 1. The topological polar surface area (TPSA) is 60.5 Å². The number of nitrogens with one attached hydrogen (secondary N) is 1. The van der Waals surface area contributed by atoms with Crippen molar-refractivity contribution in [3.05, 3.63) is 51.7 Å². The Morgan fingerprint density at radius 1 is 1.19 bits per heavy atom. The van der Waals surface area contributed by atoms with Crippen molar-refractivity contribution in [2.24, 2.45) is 0 Å². The van der Waals surface area contributed by atoms with E-state index < -0.39 is 6.10 Å². The van der Waals surface area contributed by atoms with Crippen molar-refractivity contribution in [3.63, 3.8) is 0 Å². The molecule has 2 aromatic heterocycles. The van der Waals surface area contributed by atoms with Crippen molar-refractivity contribution in [1.82, 2.24) is 10.3 Å². The minimum atomic E-state index is -0.560. The highest BCUT2D eigenvalue weighted by Crippen LogP contribution is 2.29. The van der Waals surface area contributed by atoms with Crippen molar-refractivity contribution in [2.45, 2.75) is 26.4 Å². The van der Waals surface area contributed by atoms with E-state index in [1.807, 2.05) is 6.92 Å². The van der Waals surface area contributed by atoms with Crippen LogP contribution < -0.4 is 14.8 Å². The monoisotopic (exact) mass is 402 g/mol. The number of amides is 1. The molecule has 3 aromatic rings. The van der Waals surface area contributed by atoms with Crippen molar-refractivity contribution in [3.8, 4) is 22.1 Å². The molecule has 0 radical (unpaired) electrons. The van der Waals surface area contributed by atoms with E-state index in [1.54, 1.807) is 61.0 Å². The molecule has 0 aliphatic carbocycles. The van der Waals surface area contributed by atoms with E-state index in [0.717, 1.165) is 27.7 Å².